The highest BCUT2D eigenvalue weighted by Crippen LogP contribution is 2.40. The third kappa shape index (κ3) is 5.16. The first kappa shape index (κ1) is 21.3. The van der Waals surface area contributed by atoms with Gasteiger partial charge in [0.25, 0.3) is 5.91 Å². The second kappa shape index (κ2) is 9.41. The Balaban J connectivity index is 1.70. The van der Waals surface area contributed by atoms with E-state index in [0.717, 1.165) is 29.7 Å². The van der Waals surface area contributed by atoms with E-state index in [1.165, 1.54) is 23.5 Å². The molecule has 1 N–H and O–H groups in total. The number of hydrogen-bond acceptors (Lipinski definition) is 6. The second-order valence-corrected chi connectivity index (χ2v) is 8.45. The zero-order valence-corrected chi connectivity index (χ0v) is 17.8. The first-order valence-electron chi connectivity index (χ1n) is 9.43. The molecule has 0 fully saturated rings. The van der Waals surface area contributed by atoms with Gasteiger partial charge in [0.05, 0.1) is 17.7 Å². The number of rotatable bonds is 6. The number of anilines is 1. The van der Waals surface area contributed by atoms with E-state index in [0.29, 0.717) is 27.1 Å². The van der Waals surface area contributed by atoms with Crippen LogP contribution in [0.1, 0.15) is 51.4 Å². The molecule has 6 nitrogen and oxygen atoms in total. The predicted octanol–water partition coefficient (Wildman–Crippen LogP) is 4.50. The second-order valence-electron chi connectivity index (χ2n) is 6.91. The molecule has 0 radical (unpaired) electrons. The van der Waals surface area contributed by atoms with Crippen molar-refractivity contribution in [3.8, 4) is 0 Å². The number of esters is 2. The van der Waals surface area contributed by atoms with Gasteiger partial charge in [-0.15, -0.1) is 11.3 Å². The van der Waals surface area contributed by atoms with E-state index in [-0.39, 0.29) is 6.61 Å². The van der Waals surface area contributed by atoms with Crippen LogP contribution in [0.15, 0.2) is 24.3 Å². The molecule has 0 aliphatic heterocycles. The van der Waals surface area contributed by atoms with Gasteiger partial charge in [0, 0.05) is 9.90 Å². The zero-order valence-electron chi connectivity index (χ0n) is 16.2. The number of fused-ring (bicyclic) bond motifs is 1. The molecule has 2 aromatic rings. The Morgan fingerprint density at radius 1 is 1.17 bits per heavy atom. The number of hydrogen-bond donors (Lipinski definition) is 1. The highest BCUT2D eigenvalue weighted by molar-refractivity contribution is 7.17. The number of thiophene rings is 1. The van der Waals surface area contributed by atoms with Crippen molar-refractivity contribution in [1.29, 1.82) is 0 Å². The lowest BCUT2D eigenvalue weighted by atomic mass is 9.88. The fourth-order valence-electron chi connectivity index (χ4n) is 3.22. The van der Waals surface area contributed by atoms with Crippen molar-refractivity contribution in [3.63, 3.8) is 0 Å². The van der Waals surface area contributed by atoms with Crippen LogP contribution in [0.4, 0.5) is 5.00 Å². The number of amides is 1. The molecule has 1 aliphatic carbocycles. The van der Waals surface area contributed by atoms with Gasteiger partial charge < -0.3 is 14.8 Å². The third-order valence-corrected chi connectivity index (χ3v) is 6.08. The lowest BCUT2D eigenvalue weighted by molar-refractivity contribution is -0.119. The average molecular weight is 436 g/mol. The Labute approximate surface area is 178 Å². The van der Waals surface area contributed by atoms with Crippen LogP contribution in [0, 0.1) is 5.92 Å². The van der Waals surface area contributed by atoms with Crippen LogP contribution >= 0.6 is 22.9 Å². The largest absolute Gasteiger partial charge is 0.462 e. The van der Waals surface area contributed by atoms with Gasteiger partial charge in [-0.2, -0.15) is 0 Å². The highest BCUT2D eigenvalue weighted by Gasteiger charge is 2.29. The Morgan fingerprint density at radius 2 is 1.90 bits per heavy atom. The first-order chi connectivity index (χ1) is 13.9. The van der Waals surface area contributed by atoms with E-state index >= 15 is 0 Å². The molecule has 8 heteroatoms. The van der Waals surface area contributed by atoms with E-state index < -0.39 is 24.5 Å². The molecule has 0 saturated heterocycles. The lowest BCUT2D eigenvalue weighted by Crippen LogP contribution is -2.22. The van der Waals surface area contributed by atoms with Crippen molar-refractivity contribution in [3.05, 3.63) is 50.9 Å². The van der Waals surface area contributed by atoms with E-state index in [4.69, 9.17) is 21.1 Å². The summed E-state index contributed by atoms with van der Waals surface area (Å²) in [5.74, 6) is -1.04. The molecule has 1 aliphatic rings. The summed E-state index contributed by atoms with van der Waals surface area (Å²) in [6.07, 6.45) is 2.64. The van der Waals surface area contributed by atoms with Crippen LogP contribution in [0.3, 0.4) is 0 Å². The van der Waals surface area contributed by atoms with E-state index in [9.17, 15) is 14.4 Å². The number of benzene rings is 1. The Bertz CT molecular complexity index is 922. The van der Waals surface area contributed by atoms with E-state index in [1.807, 2.05) is 0 Å². The smallest absolute Gasteiger partial charge is 0.341 e. The van der Waals surface area contributed by atoms with Crippen LogP contribution in [0.5, 0.6) is 0 Å². The van der Waals surface area contributed by atoms with E-state index in [2.05, 4.69) is 12.2 Å². The Hall–Kier alpha value is -2.38. The quantitative estimate of drug-likeness (QED) is 0.675. The fourth-order valence-corrected chi connectivity index (χ4v) is 4.76. The summed E-state index contributed by atoms with van der Waals surface area (Å²) in [6.45, 7) is 3.71. The highest BCUT2D eigenvalue weighted by atomic mass is 35.5. The molecule has 1 heterocycles. The normalized spacial score (nSPS) is 15.3. The maximum atomic E-state index is 12.5. The van der Waals surface area contributed by atoms with E-state index in [1.54, 1.807) is 19.1 Å². The van der Waals surface area contributed by atoms with Gasteiger partial charge in [-0.1, -0.05) is 18.5 Å². The molecular formula is C21H22ClNO5S. The average Bonchev–Trinajstić information content (AvgIpc) is 3.03. The van der Waals surface area contributed by atoms with Crippen LogP contribution in [0.25, 0.3) is 0 Å². The maximum Gasteiger partial charge on any atom is 0.341 e. The zero-order chi connectivity index (χ0) is 21.0. The molecule has 1 aromatic heterocycles. The molecule has 0 bridgehead atoms. The Morgan fingerprint density at radius 3 is 2.59 bits per heavy atom. The van der Waals surface area contributed by atoms with Crippen molar-refractivity contribution in [2.24, 2.45) is 5.92 Å². The summed E-state index contributed by atoms with van der Waals surface area (Å²) >= 11 is 7.19. The van der Waals surface area contributed by atoms with Crippen molar-refractivity contribution in [2.75, 3.05) is 18.5 Å². The molecule has 154 valence electrons. The number of carbonyl (C=O) groups excluding carboxylic acids is 3. The minimum absolute atomic E-state index is 0.256. The van der Waals surface area contributed by atoms with Crippen molar-refractivity contribution in [2.45, 2.75) is 33.1 Å². The van der Waals surface area contributed by atoms with Gasteiger partial charge in [0.2, 0.25) is 0 Å². The summed E-state index contributed by atoms with van der Waals surface area (Å²) in [7, 11) is 0. The summed E-state index contributed by atoms with van der Waals surface area (Å²) in [5, 5.41) is 3.67. The predicted molar refractivity (Wildman–Crippen MR) is 112 cm³/mol. The van der Waals surface area contributed by atoms with Gasteiger partial charge in [-0.25, -0.2) is 9.59 Å². The molecule has 0 spiro atoms. The van der Waals surface area contributed by atoms with Gasteiger partial charge >= 0.3 is 11.9 Å². The Kier molecular flexibility index (Phi) is 6.92. The van der Waals surface area contributed by atoms with Gasteiger partial charge in [-0.3, -0.25) is 4.79 Å². The fraction of sp³-hybridized carbons (Fsp3) is 0.381. The van der Waals surface area contributed by atoms with Gasteiger partial charge in [0.15, 0.2) is 6.61 Å². The number of halogens is 1. The van der Waals surface area contributed by atoms with Crippen molar-refractivity contribution in [1.82, 2.24) is 0 Å². The first-order valence-corrected chi connectivity index (χ1v) is 10.6. The molecular weight excluding hydrogens is 414 g/mol. The molecule has 29 heavy (non-hydrogen) atoms. The molecule has 1 unspecified atom stereocenters. The summed E-state index contributed by atoms with van der Waals surface area (Å²) in [6, 6.07) is 6.19. The number of ether oxygens (including phenoxy) is 2. The molecule has 3 rings (SSSR count). The maximum absolute atomic E-state index is 12.5. The molecule has 0 saturated carbocycles. The SMILES string of the molecule is CCOC(=O)c1c(NC(=O)COC(=O)c2ccc(Cl)cc2)sc2c1CCC(C)C2. The molecule has 1 amide bonds. The molecule has 1 aromatic carbocycles. The summed E-state index contributed by atoms with van der Waals surface area (Å²) in [5.41, 5.74) is 1.69. The van der Waals surface area contributed by atoms with Crippen LogP contribution in [0.2, 0.25) is 5.02 Å². The topological polar surface area (TPSA) is 81.7 Å². The van der Waals surface area contributed by atoms with Gasteiger partial charge in [0.1, 0.15) is 5.00 Å². The minimum Gasteiger partial charge on any atom is -0.462 e. The monoisotopic (exact) mass is 435 g/mol. The number of nitrogens with one attached hydrogen (secondary N) is 1. The number of carbonyl (C=O) groups is 3. The van der Waals surface area contributed by atoms with Crippen LogP contribution < -0.4 is 5.32 Å². The van der Waals surface area contributed by atoms with Crippen LogP contribution in [-0.4, -0.2) is 31.1 Å². The summed E-state index contributed by atoms with van der Waals surface area (Å²) in [4.78, 5) is 38.0. The van der Waals surface area contributed by atoms with Crippen LogP contribution in [-0.2, 0) is 27.1 Å². The van der Waals surface area contributed by atoms with Gasteiger partial charge in [-0.05, 0) is 61.9 Å². The van der Waals surface area contributed by atoms with Crippen molar-refractivity contribution < 1.29 is 23.9 Å². The minimum atomic E-state index is -0.623. The third-order valence-electron chi connectivity index (χ3n) is 4.66. The lowest BCUT2D eigenvalue weighted by Gasteiger charge is -2.18. The standard InChI is InChI=1S/C21H22ClNO5S/c1-3-27-21(26)18-15-9-4-12(2)10-16(15)29-19(18)23-17(24)11-28-20(25)13-5-7-14(22)8-6-13/h5-8,12H,3-4,9-11H2,1-2H3,(H,23,24). The summed E-state index contributed by atoms with van der Waals surface area (Å²) < 4.78 is 10.3. The van der Waals surface area contributed by atoms with Crippen molar-refractivity contribution >= 4 is 45.8 Å². The molecule has 1 atom stereocenters.